The van der Waals surface area contributed by atoms with E-state index in [0.717, 1.165) is 40.1 Å². The lowest BCUT2D eigenvalue weighted by Crippen LogP contribution is -2.55. The molecule has 0 unspecified atom stereocenters. The van der Waals surface area contributed by atoms with Gasteiger partial charge in [0.1, 0.15) is 0 Å². The van der Waals surface area contributed by atoms with Crippen molar-refractivity contribution in [3.63, 3.8) is 0 Å². The molecule has 1 spiro atoms. The minimum atomic E-state index is -1.39. The van der Waals surface area contributed by atoms with Gasteiger partial charge in [0.15, 0.2) is 11.5 Å². The van der Waals surface area contributed by atoms with Gasteiger partial charge in [-0.25, -0.2) is 5.01 Å². The number of methoxy groups -OCH3 is 1. The minimum Gasteiger partial charge on any atom is -0.493 e. The number of carbonyl (C=O) groups excluding carboxylic acids is 1. The quantitative estimate of drug-likeness (QED) is 0.666. The number of hydrogen-bond donors (Lipinski definition) is 1. The van der Waals surface area contributed by atoms with Gasteiger partial charge in [-0.2, -0.15) is 5.10 Å². The van der Waals surface area contributed by atoms with E-state index in [-0.39, 0.29) is 11.9 Å². The van der Waals surface area contributed by atoms with Gasteiger partial charge >= 0.3 is 5.72 Å². The maximum absolute atomic E-state index is 13.6. The van der Waals surface area contributed by atoms with Crippen LogP contribution in [0.25, 0.3) is 0 Å². The van der Waals surface area contributed by atoms with Crippen LogP contribution in [0, 0.1) is 0 Å². The molecular weight excluding hydrogens is 402 g/mol. The van der Waals surface area contributed by atoms with Crippen LogP contribution in [0.5, 0.6) is 11.5 Å². The molecule has 1 amide bonds. The van der Waals surface area contributed by atoms with Gasteiger partial charge in [0.2, 0.25) is 0 Å². The number of rotatable bonds is 3. The average molecular weight is 425 g/mol. The molecule has 6 rings (SSSR count). The van der Waals surface area contributed by atoms with Gasteiger partial charge in [0.25, 0.3) is 5.91 Å². The molecule has 160 valence electrons. The Morgan fingerprint density at radius 1 is 1.16 bits per heavy atom. The normalized spacial score (nSPS) is 22.6. The van der Waals surface area contributed by atoms with Crippen LogP contribution in [0.15, 0.2) is 71.8 Å². The zero-order valence-corrected chi connectivity index (χ0v) is 18.0. The Balaban J connectivity index is 1.60. The second kappa shape index (κ2) is 6.85. The van der Waals surface area contributed by atoms with E-state index >= 15 is 0 Å². The fourth-order valence-electron chi connectivity index (χ4n) is 4.97. The SMILES string of the molecule is CCc1ccc2c(c1)[C@]1(Oc3c(OC)cccc3[C@H]3CC(c4ccccc4)=NN31)C(=O)N2. The van der Waals surface area contributed by atoms with E-state index in [2.05, 4.69) is 30.4 Å². The number of nitrogens with one attached hydrogen (secondary N) is 1. The van der Waals surface area contributed by atoms with E-state index < -0.39 is 5.72 Å². The molecule has 0 saturated heterocycles. The minimum absolute atomic E-state index is 0.147. The van der Waals surface area contributed by atoms with Crippen LogP contribution in [0.4, 0.5) is 5.69 Å². The number of carbonyl (C=O) groups is 1. The van der Waals surface area contributed by atoms with Crippen LogP contribution in [-0.2, 0) is 16.9 Å². The lowest BCUT2D eigenvalue weighted by molar-refractivity contribution is -0.161. The summed E-state index contributed by atoms with van der Waals surface area (Å²) >= 11 is 0. The van der Waals surface area contributed by atoms with Gasteiger partial charge in [-0.05, 0) is 35.7 Å². The first kappa shape index (κ1) is 18.9. The number of amides is 1. The van der Waals surface area contributed by atoms with Crippen molar-refractivity contribution in [1.82, 2.24) is 5.01 Å². The highest BCUT2D eigenvalue weighted by atomic mass is 16.6. The van der Waals surface area contributed by atoms with Crippen LogP contribution in [0.2, 0.25) is 0 Å². The smallest absolute Gasteiger partial charge is 0.306 e. The molecule has 1 N–H and O–H groups in total. The predicted octanol–water partition coefficient (Wildman–Crippen LogP) is 4.61. The Hall–Kier alpha value is -3.80. The monoisotopic (exact) mass is 425 g/mol. The average Bonchev–Trinajstić information content (AvgIpc) is 3.40. The first-order chi connectivity index (χ1) is 15.7. The predicted molar refractivity (Wildman–Crippen MR) is 122 cm³/mol. The van der Waals surface area contributed by atoms with Crippen molar-refractivity contribution in [2.45, 2.75) is 31.5 Å². The zero-order chi connectivity index (χ0) is 21.9. The number of anilines is 1. The molecule has 0 fully saturated rings. The largest absolute Gasteiger partial charge is 0.493 e. The van der Waals surface area contributed by atoms with E-state index in [1.807, 2.05) is 53.5 Å². The summed E-state index contributed by atoms with van der Waals surface area (Å²) in [6, 6.07) is 21.8. The third-order valence-electron chi connectivity index (χ3n) is 6.59. The molecule has 0 radical (unpaired) electrons. The lowest BCUT2D eigenvalue weighted by Gasteiger charge is -2.44. The molecule has 0 saturated carbocycles. The van der Waals surface area contributed by atoms with E-state index in [1.165, 1.54) is 0 Å². The third kappa shape index (κ3) is 2.46. The van der Waals surface area contributed by atoms with Gasteiger partial charge in [-0.3, -0.25) is 4.79 Å². The van der Waals surface area contributed by atoms with Crippen molar-refractivity contribution in [3.05, 3.63) is 89.0 Å². The topological polar surface area (TPSA) is 63.2 Å². The van der Waals surface area contributed by atoms with Gasteiger partial charge in [0, 0.05) is 12.0 Å². The summed E-state index contributed by atoms with van der Waals surface area (Å²) in [6.45, 7) is 2.10. The van der Waals surface area contributed by atoms with Crippen molar-refractivity contribution < 1.29 is 14.3 Å². The molecule has 6 heteroatoms. The number of nitrogens with zero attached hydrogens (tertiary/aromatic N) is 2. The zero-order valence-electron chi connectivity index (χ0n) is 18.0. The number of hydrogen-bond acceptors (Lipinski definition) is 5. The molecular formula is C26H23N3O3. The molecule has 32 heavy (non-hydrogen) atoms. The van der Waals surface area contributed by atoms with Crippen molar-refractivity contribution >= 4 is 17.3 Å². The van der Waals surface area contributed by atoms with E-state index in [0.29, 0.717) is 17.9 Å². The fraction of sp³-hybridized carbons (Fsp3) is 0.231. The second-order valence-corrected chi connectivity index (χ2v) is 8.29. The van der Waals surface area contributed by atoms with Crippen LogP contribution in [0.1, 0.15) is 41.6 Å². The summed E-state index contributed by atoms with van der Waals surface area (Å²) in [5, 5.41) is 9.89. The summed E-state index contributed by atoms with van der Waals surface area (Å²) in [5.74, 6) is 0.980. The Morgan fingerprint density at radius 2 is 2.00 bits per heavy atom. The van der Waals surface area contributed by atoms with Gasteiger partial charge in [-0.1, -0.05) is 55.5 Å². The van der Waals surface area contributed by atoms with Crippen LogP contribution < -0.4 is 14.8 Å². The van der Waals surface area contributed by atoms with E-state index in [9.17, 15) is 4.79 Å². The van der Waals surface area contributed by atoms with Gasteiger partial charge < -0.3 is 14.8 Å². The summed E-state index contributed by atoms with van der Waals surface area (Å²) in [5.41, 5.74) is 4.25. The number of para-hydroxylation sites is 1. The van der Waals surface area contributed by atoms with Gasteiger partial charge in [0.05, 0.1) is 30.1 Å². The highest BCUT2D eigenvalue weighted by Gasteiger charge is 2.61. The molecule has 0 aliphatic carbocycles. The molecule has 3 aromatic rings. The van der Waals surface area contributed by atoms with Crippen molar-refractivity contribution in [2.24, 2.45) is 5.10 Å². The summed E-state index contributed by atoms with van der Waals surface area (Å²) in [4.78, 5) is 13.6. The molecule has 3 aliphatic rings. The van der Waals surface area contributed by atoms with Crippen LogP contribution in [-0.4, -0.2) is 23.7 Å². The van der Waals surface area contributed by atoms with E-state index in [4.69, 9.17) is 14.6 Å². The standard InChI is InChI=1S/C26H23N3O3/c1-3-16-12-13-20-19(14-16)26(25(30)27-20)29-22(15-21(28-29)17-8-5-4-6-9-17)18-10-7-11-23(31-2)24(18)32-26/h4-14,22H,3,15H2,1-2H3,(H,27,30)/t22-,26+/m1/s1. The molecule has 3 heterocycles. The van der Waals surface area contributed by atoms with Crippen molar-refractivity contribution in [1.29, 1.82) is 0 Å². The molecule has 2 atom stereocenters. The Labute approximate surface area is 186 Å². The van der Waals surface area contributed by atoms with Crippen molar-refractivity contribution in [2.75, 3.05) is 12.4 Å². The molecule has 6 nitrogen and oxygen atoms in total. The highest BCUT2D eigenvalue weighted by Crippen LogP contribution is 2.56. The number of benzene rings is 3. The Morgan fingerprint density at radius 3 is 2.78 bits per heavy atom. The number of ether oxygens (including phenoxy) is 2. The summed E-state index contributed by atoms with van der Waals surface area (Å²) in [7, 11) is 1.62. The maximum atomic E-state index is 13.6. The number of hydrazone groups is 1. The van der Waals surface area contributed by atoms with E-state index in [1.54, 1.807) is 7.11 Å². The molecule has 3 aromatic carbocycles. The summed E-state index contributed by atoms with van der Waals surface area (Å²) in [6.07, 6.45) is 1.53. The van der Waals surface area contributed by atoms with Crippen LogP contribution in [0.3, 0.4) is 0 Å². The molecule has 0 bridgehead atoms. The second-order valence-electron chi connectivity index (χ2n) is 8.29. The fourth-order valence-corrected chi connectivity index (χ4v) is 4.97. The first-order valence-electron chi connectivity index (χ1n) is 10.9. The maximum Gasteiger partial charge on any atom is 0.306 e. The summed E-state index contributed by atoms with van der Waals surface area (Å²) < 4.78 is 12.3. The number of aryl methyl sites for hydroxylation is 1. The van der Waals surface area contributed by atoms with Gasteiger partial charge in [-0.15, -0.1) is 0 Å². The first-order valence-corrected chi connectivity index (χ1v) is 10.9. The number of fused-ring (bicyclic) bond motifs is 6. The molecule has 3 aliphatic heterocycles. The lowest BCUT2D eigenvalue weighted by atomic mass is 9.91. The Bertz CT molecular complexity index is 1270. The van der Waals surface area contributed by atoms with Crippen LogP contribution >= 0.6 is 0 Å². The Kier molecular flexibility index (Phi) is 4.05. The van der Waals surface area contributed by atoms with Crippen molar-refractivity contribution in [3.8, 4) is 11.5 Å². The highest BCUT2D eigenvalue weighted by molar-refractivity contribution is 6.07. The third-order valence-corrected chi connectivity index (χ3v) is 6.59. The molecule has 0 aromatic heterocycles.